The second kappa shape index (κ2) is 6.76. The van der Waals surface area contributed by atoms with Gasteiger partial charge in [0.1, 0.15) is 0 Å². The van der Waals surface area contributed by atoms with Gasteiger partial charge in [0.15, 0.2) is 0 Å². The highest BCUT2D eigenvalue weighted by Crippen LogP contribution is 2.42. The molecule has 3 nitrogen and oxygen atoms in total. The summed E-state index contributed by atoms with van der Waals surface area (Å²) in [5.41, 5.74) is 6.06. The van der Waals surface area contributed by atoms with Crippen LogP contribution in [0.1, 0.15) is 70.6 Å². The van der Waals surface area contributed by atoms with Crippen LogP contribution in [0.25, 0.3) is 0 Å². The van der Waals surface area contributed by atoms with E-state index in [-0.39, 0.29) is 5.60 Å². The Morgan fingerprint density at radius 1 is 1.00 bits per heavy atom. The Morgan fingerprint density at radius 3 is 2.65 bits per heavy atom. The first-order valence-electron chi connectivity index (χ1n) is 8.93. The summed E-state index contributed by atoms with van der Waals surface area (Å²) in [5.74, 6) is 0. The lowest BCUT2D eigenvalue weighted by molar-refractivity contribution is -0.0768. The van der Waals surface area contributed by atoms with Crippen LogP contribution in [-0.4, -0.2) is 42.3 Å². The van der Waals surface area contributed by atoms with E-state index < -0.39 is 0 Å². The minimum absolute atomic E-state index is 0.280. The van der Waals surface area contributed by atoms with Crippen LogP contribution in [0.15, 0.2) is 0 Å². The monoisotopic (exact) mass is 280 g/mol. The highest BCUT2D eigenvalue weighted by Gasteiger charge is 2.41. The van der Waals surface area contributed by atoms with Crippen LogP contribution in [0, 0.1) is 0 Å². The van der Waals surface area contributed by atoms with Crippen molar-refractivity contribution in [1.82, 2.24) is 4.90 Å². The molecule has 2 N–H and O–H groups in total. The van der Waals surface area contributed by atoms with Gasteiger partial charge in [-0.05, 0) is 58.0 Å². The van der Waals surface area contributed by atoms with Gasteiger partial charge in [-0.1, -0.05) is 25.7 Å². The van der Waals surface area contributed by atoms with Crippen molar-refractivity contribution in [2.24, 2.45) is 5.73 Å². The van der Waals surface area contributed by atoms with Gasteiger partial charge >= 0.3 is 0 Å². The molecule has 0 aromatic heterocycles. The maximum absolute atomic E-state index is 6.55. The third-order valence-electron chi connectivity index (χ3n) is 5.79. The van der Waals surface area contributed by atoms with Crippen molar-refractivity contribution in [2.75, 3.05) is 19.6 Å². The zero-order valence-corrected chi connectivity index (χ0v) is 13.0. The molecule has 2 heterocycles. The van der Waals surface area contributed by atoms with E-state index in [9.17, 15) is 0 Å². The Balaban J connectivity index is 1.52. The van der Waals surface area contributed by atoms with Crippen LogP contribution in [0.4, 0.5) is 0 Å². The number of piperidine rings is 1. The first-order valence-corrected chi connectivity index (χ1v) is 8.93. The lowest BCUT2D eigenvalue weighted by Crippen LogP contribution is -2.45. The van der Waals surface area contributed by atoms with Crippen molar-refractivity contribution in [3.05, 3.63) is 0 Å². The number of hydrogen-bond donors (Lipinski definition) is 1. The summed E-state index contributed by atoms with van der Waals surface area (Å²) in [6, 6.07) is 0.722. The third-order valence-corrected chi connectivity index (χ3v) is 5.79. The molecule has 116 valence electrons. The fourth-order valence-electron chi connectivity index (χ4n) is 4.67. The molecule has 0 amide bonds. The number of nitrogens with two attached hydrogens (primary N) is 1. The average Bonchev–Trinajstić information content (AvgIpc) is 2.85. The van der Waals surface area contributed by atoms with Crippen molar-refractivity contribution < 1.29 is 4.74 Å². The maximum Gasteiger partial charge on any atom is 0.0710 e. The lowest BCUT2D eigenvalue weighted by Gasteiger charge is -2.38. The van der Waals surface area contributed by atoms with Crippen LogP contribution in [0.3, 0.4) is 0 Å². The SMILES string of the molecule is NCCC1CCCCN1CC1CCC2(CCCCC2)O1. The van der Waals surface area contributed by atoms with Gasteiger partial charge in [-0.25, -0.2) is 0 Å². The Kier molecular flexibility index (Phi) is 5.00. The molecule has 2 atom stereocenters. The van der Waals surface area contributed by atoms with Crippen LogP contribution < -0.4 is 5.73 Å². The standard InChI is InChI=1S/C17H32N2O/c18-12-8-15-6-2-5-13-19(15)14-16-7-11-17(20-16)9-3-1-4-10-17/h15-16H,1-14,18H2. The topological polar surface area (TPSA) is 38.5 Å². The van der Waals surface area contributed by atoms with Crippen molar-refractivity contribution in [1.29, 1.82) is 0 Å². The first kappa shape index (κ1) is 14.8. The Morgan fingerprint density at radius 2 is 1.85 bits per heavy atom. The molecule has 2 unspecified atom stereocenters. The highest BCUT2D eigenvalue weighted by molar-refractivity contribution is 4.93. The van der Waals surface area contributed by atoms with Crippen molar-refractivity contribution in [3.63, 3.8) is 0 Å². The molecular formula is C17H32N2O. The molecule has 3 fully saturated rings. The molecule has 3 aliphatic rings. The number of hydrogen-bond acceptors (Lipinski definition) is 3. The minimum atomic E-state index is 0.280. The minimum Gasteiger partial charge on any atom is -0.370 e. The smallest absolute Gasteiger partial charge is 0.0710 e. The molecule has 1 spiro atoms. The van der Waals surface area contributed by atoms with Crippen molar-refractivity contribution in [2.45, 2.75) is 88.4 Å². The zero-order chi connectivity index (χ0) is 13.8. The molecule has 0 aromatic rings. The Labute approximate surface area is 124 Å². The molecule has 20 heavy (non-hydrogen) atoms. The highest BCUT2D eigenvalue weighted by atomic mass is 16.5. The van der Waals surface area contributed by atoms with E-state index in [1.54, 1.807) is 0 Å². The Bertz CT molecular complexity index is 299. The number of ether oxygens (including phenoxy) is 1. The third kappa shape index (κ3) is 3.37. The van der Waals surface area contributed by atoms with Gasteiger partial charge in [0.05, 0.1) is 11.7 Å². The predicted molar refractivity (Wildman–Crippen MR) is 82.8 cm³/mol. The molecular weight excluding hydrogens is 248 g/mol. The van der Waals surface area contributed by atoms with E-state index in [0.29, 0.717) is 6.10 Å². The van der Waals surface area contributed by atoms with Gasteiger partial charge in [-0.3, -0.25) is 4.90 Å². The number of likely N-dealkylation sites (tertiary alicyclic amines) is 1. The summed E-state index contributed by atoms with van der Waals surface area (Å²) >= 11 is 0. The van der Waals surface area contributed by atoms with E-state index in [4.69, 9.17) is 10.5 Å². The van der Waals surface area contributed by atoms with E-state index >= 15 is 0 Å². The van der Waals surface area contributed by atoms with Gasteiger partial charge in [0, 0.05) is 12.6 Å². The summed E-state index contributed by atoms with van der Waals surface area (Å²) in [6.45, 7) is 3.25. The molecule has 2 saturated heterocycles. The molecule has 1 saturated carbocycles. The fourth-order valence-corrected chi connectivity index (χ4v) is 4.67. The summed E-state index contributed by atoms with van der Waals surface area (Å²) in [7, 11) is 0. The molecule has 3 heteroatoms. The summed E-state index contributed by atoms with van der Waals surface area (Å²) in [4.78, 5) is 2.68. The predicted octanol–water partition coefficient (Wildman–Crippen LogP) is 3.07. The molecule has 0 radical (unpaired) electrons. The summed E-state index contributed by atoms with van der Waals surface area (Å²) in [5, 5.41) is 0. The van der Waals surface area contributed by atoms with E-state index in [1.165, 1.54) is 70.8 Å². The van der Waals surface area contributed by atoms with Crippen LogP contribution in [-0.2, 0) is 4.74 Å². The summed E-state index contributed by atoms with van der Waals surface area (Å²) in [6.07, 6.45) is 15.2. The van der Waals surface area contributed by atoms with Crippen LogP contribution in [0.5, 0.6) is 0 Å². The van der Waals surface area contributed by atoms with Crippen molar-refractivity contribution in [3.8, 4) is 0 Å². The molecule has 0 bridgehead atoms. The molecule has 2 aliphatic heterocycles. The normalized spacial score (nSPS) is 34.6. The second-order valence-electron chi connectivity index (χ2n) is 7.24. The van der Waals surface area contributed by atoms with Crippen LogP contribution >= 0.6 is 0 Å². The van der Waals surface area contributed by atoms with Gasteiger partial charge in [0.2, 0.25) is 0 Å². The molecule has 3 rings (SSSR count). The average molecular weight is 280 g/mol. The van der Waals surface area contributed by atoms with Crippen LogP contribution in [0.2, 0.25) is 0 Å². The molecule has 0 aromatic carbocycles. The molecule has 1 aliphatic carbocycles. The quantitative estimate of drug-likeness (QED) is 0.860. The van der Waals surface area contributed by atoms with Gasteiger partial charge in [-0.15, -0.1) is 0 Å². The van der Waals surface area contributed by atoms with Gasteiger partial charge < -0.3 is 10.5 Å². The van der Waals surface area contributed by atoms with E-state index in [2.05, 4.69) is 4.90 Å². The second-order valence-corrected chi connectivity index (χ2v) is 7.24. The lowest BCUT2D eigenvalue weighted by atomic mass is 9.83. The van der Waals surface area contributed by atoms with Gasteiger partial charge in [0.25, 0.3) is 0 Å². The number of nitrogens with zero attached hydrogens (tertiary/aromatic N) is 1. The fraction of sp³-hybridized carbons (Fsp3) is 1.00. The van der Waals surface area contributed by atoms with Gasteiger partial charge in [-0.2, -0.15) is 0 Å². The largest absolute Gasteiger partial charge is 0.370 e. The van der Waals surface area contributed by atoms with Crippen molar-refractivity contribution >= 4 is 0 Å². The zero-order valence-electron chi connectivity index (χ0n) is 13.0. The Hall–Kier alpha value is -0.120. The maximum atomic E-state index is 6.55. The number of rotatable bonds is 4. The first-order chi connectivity index (χ1) is 9.81. The van der Waals surface area contributed by atoms with E-state index in [1.807, 2.05) is 0 Å². The summed E-state index contributed by atoms with van der Waals surface area (Å²) < 4.78 is 6.55. The van der Waals surface area contributed by atoms with E-state index in [0.717, 1.165) is 25.6 Å².